The van der Waals surface area contributed by atoms with E-state index in [1.54, 1.807) is 53.3 Å². The van der Waals surface area contributed by atoms with E-state index in [1.807, 2.05) is 48.8 Å². The van der Waals surface area contributed by atoms with Crippen molar-refractivity contribution in [2.75, 3.05) is 27.7 Å². The van der Waals surface area contributed by atoms with Crippen LogP contribution in [0.1, 0.15) is 80.6 Å². The van der Waals surface area contributed by atoms with Crippen LogP contribution in [0.2, 0.25) is 0 Å². The molecule has 0 spiro atoms. The Labute approximate surface area is 347 Å². The van der Waals surface area contributed by atoms with Gasteiger partial charge in [0.05, 0.1) is 35.9 Å². The van der Waals surface area contributed by atoms with Crippen molar-refractivity contribution in [3.63, 3.8) is 0 Å². The number of ether oxygens (including phenoxy) is 5. The zero-order chi connectivity index (χ0) is 43.4. The van der Waals surface area contributed by atoms with E-state index in [1.165, 1.54) is 18.9 Å². The summed E-state index contributed by atoms with van der Waals surface area (Å²) < 4.78 is 32.7. The minimum atomic E-state index is -2.04. The van der Waals surface area contributed by atoms with Gasteiger partial charge >= 0.3 is 12.1 Å². The Morgan fingerprint density at radius 2 is 1.76 bits per heavy atom. The molecule has 16 nitrogen and oxygen atoms in total. The summed E-state index contributed by atoms with van der Waals surface area (Å²) in [7, 11) is 5.16. The number of unbranched alkanes of at least 4 members (excludes halogenated alkanes) is 1. The first kappa shape index (κ1) is 46.0. The Hall–Kier alpha value is -4.09. The van der Waals surface area contributed by atoms with Gasteiger partial charge in [-0.15, -0.1) is 0 Å². The summed E-state index contributed by atoms with van der Waals surface area (Å²) in [5.41, 5.74) is -1.72. The number of carbonyl (C=O) groups is 5. The second kappa shape index (κ2) is 19.1. The number of aldehydes is 1. The van der Waals surface area contributed by atoms with Crippen LogP contribution in [-0.4, -0.2) is 141 Å². The number of hydrogen-bond donors (Lipinski definition) is 1. The smallest absolute Gasteiger partial charge is 0.411 e. The van der Waals surface area contributed by atoms with Gasteiger partial charge in [0.1, 0.15) is 17.8 Å². The fraction of sp³-hybridized carbons (Fsp3) is 0.698. The summed E-state index contributed by atoms with van der Waals surface area (Å²) in [5, 5.41) is 11.4. The van der Waals surface area contributed by atoms with Gasteiger partial charge in [0.2, 0.25) is 5.60 Å². The average Bonchev–Trinajstić information content (AvgIpc) is 3.82. The number of pyridine rings is 1. The second-order valence-electron chi connectivity index (χ2n) is 17.1. The molecular formula is C43H63N5O11. The van der Waals surface area contributed by atoms with Crippen LogP contribution >= 0.6 is 0 Å². The van der Waals surface area contributed by atoms with Crippen LogP contribution < -0.4 is 0 Å². The highest BCUT2D eigenvalue weighted by atomic mass is 16.7. The highest BCUT2D eigenvalue weighted by Crippen LogP contribution is 2.42. The van der Waals surface area contributed by atoms with Crippen molar-refractivity contribution in [2.24, 2.45) is 23.7 Å². The molecule has 0 bridgehead atoms. The quantitative estimate of drug-likeness (QED) is 0.139. The normalized spacial score (nSPS) is 36.2. The molecule has 0 radical (unpaired) electrons. The zero-order valence-electron chi connectivity index (χ0n) is 36.1. The van der Waals surface area contributed by atoms with Crippen molar-refractivity contribution in [2.45, 2.75) is 141 Å². The Bertz CT molecular complexity index is 1790. The van der Waals surface area contributed by atoms with Gasteiger partial charge in [-0.25, -0.2) is 9.78 Å². The number of hydrogen-bond acceptors (Lipinski definition) is 14. The number of likely N-dealkylation sites (N-methyl/N-ethyl adjacent to an activating group) is 1. The number of imidazole rings is 1. The summed E-state index contributed by atoms with van der Waals surface area (Å²) in [6, 6.07) is 2.31. The van der Waals surface area contributed by atoms with E-state index in [0.717, 1.165) is 11.3 Å². The Morgan fingerprint density at radius 1 is 1.05 bits per heavy atom. The molecule has 13 atom stereocenters. The Balaban J connectivity index is 1.46. The maximum absolute atomic E-state index is 14.7. The summed E-state index contributed by atoms with van der Waals surface area (Å²) >= 11 is 0. The van der Waals surface area contributed by atoms with Crippen LogP contribution in [0.3, 0.4) is 0 Å². The van der Waals surface area contributed by atoms with Gasteiger partial charge in [-0.05, 0) is 79.1 Å². The van der Waals surface area contributed by atoms with Crippen LogP contribution in [0.25, 0.3) is 11.3 Å². The minimum Gasteiger partial charge on any atom is -0.457 e. The predicted molar refractivity (Wildman–Crippen MR) is 215 cm³/mol. The van der Waals surface area contributed by atoms with Gasteiger partial charge in [0.15, 0.2) is 24.5 Å². The van der Waals surface area contributed by atoms with Gasteiger partial charge in [-0.1, -0.05) is 27.7 Å². The summed E-state index contributed by atoms with van der Waals surface area (Å²) in [6.07, 6.45) is 3.54. The van der Waals surface area contributed by atoms with Gasteiger partial charge in [-0.2, -0.15) is 0 Å². The molecule has 3 saturated heterocycles. The minimum absolute atomic E-state index is 0.0437. The number of ketones is 2. The van der Waals surface area contributed by atoms with E-state index in [-0.39, 0.29) is 37.3 Å². The molecule has 3 fully saturated rings. The Kier molecular flexibility index (Phi) is 14.9. The standard InChI is InChI=1S/C43H63N5O11/c1-11-33-43(23-49)37(48(41(54)59-43)18-13-12-17-47-22-31(45-24-47)30-15-14-16-44-21-30)27(4)34(50)25(2)20-42(7,55-10)38(28(5)35(51)29(6)39(53)57-33)58-40-36(52)32(46(8)9)19-26(3)56-40/h14-16,21-29,32-33,36-38,40,52H,11-13,17-20H2,1-10H3/t25-,26-,27+,28+,29-,32+,33-,36-,37-,38-,40?,42+,43-/m1/s1. The van der Waals surface area contributed by atoms with E-state index in [9.17, 15) is 29.1 Å². The number of fused-ring (bicyclic) bond motifs is 1. The number of aromatic nitrogens is 3. The highest BCUT2D eigenvalue weighted by Gasteiger charge is 2.63. The molecule has 0 aliphatic carbocycles. The van der Waals surface area contributed by atoms with E-state index in [4.69, 9.17) is 23.7 Å². The summed E-state index contributed by atoms with van der Waals surface area (Å²) in [6.45, 7) is 12.4. The lowest BCUT2D eigenvalue weighted by Crippen LogP contribution is -2.61. The van der Waals surface area contributed by atoms with Crippen molar-refractivity contribution in [3.05, 3.63) is 37.1 Å². The number of amides is 1. The fourth-order valence-corrected chi connectivity index (χ4v) is 9.28. The van der Waals surface area contributed by atoms with Gasteiger partial charge in [0, 0.05) is 68.1 Å². The number of Topliss-reactive ketones (excluding diaryl/α,β-unsaturated/α-hetero) is 2. The van der Waals surface area contributed by atoms with E-state index < -0.39 is 83.4 Å². The highest BCUT2D eigenvalue weighted by molar-refractivity contribution is 6.00. The lowest BCUT2D eigenvalue weighted by molar-refractivity contribution is -0.295. The van der Waals surface area contributed by atoms with Gasteiger partial charge in [-0.3, -0.25) is 29.1 Å². The first-order valence-electron chi connectivity index (χ1n) is 20.8. The Morgan fingerprint density at radius 3 is 2.39 bits per heavy atom. The van der Waals surface area contributed by atoms with Crippen LogP contribution in [0.15, 0.2) is 37.1 Å². The van der Waals surface area contributed by atoms with Crippen molar-refractivity contribution in [1.82, 2.24) is 24.3 Å². The number of methoxy groups -OCH3 is 1. The van der Waals surface area contributed by atoms with Crippen LogP contribution in [0, 0.1) is 23.7 Å². The molecule has 0 aromatic carbocycles. The second-order valence-corrected chi connectivity index (χ2v) is 17.1. The maximum atomic E-state index is 14.7. The summed E-state index contributed by atoms with van der Waals surface area (Å²) in [5.74, 6) is -5.86. The molecule has 1 unspecified atom stereocenters. The third kappa shape index (κ3) is 9.46. The number of carbonyl (C=O) groups excluding carboxylic acids is 5. The van der Waals surface area contributed by atoms with Gasteiger partial charge < -0.3 is 38.3 Å². The molecular weight excluding hydrogens is 762 g/mol. The molecule has 1 N–H and O–H groups in total. The van der Waals surface area contributed by atoms with Crippen LogP contribution in [0.5, 0.6) is 0 Å². The molecule has 2 aromatic heterocycles. The molecule has 326 valence electrons. The van der Waals surface area contributed by atoms with Gasteiger partial charge in [0.25, 0.3) is 0 Å². The number of aliphatic hydroxyl groups is 1. The molecule has 1 amide bonds. The molecule has 0 saturated carbocycles. The molecule has 5 rings (SSSR count). The van der Waals surface area contributed by atoms with E-state index in [2.05, 4.69) is 9.97 Å². The topological polar surface area (TPSA) is 189 Å². The number of esters is 1. The summed E-state index contributed by atoms with van der Waals surface area (Å²) in [4.78, 5) is 82.1. The third-order valence-corrected chi connectivity index (χ3v) is 12.7. The monoisotopic (exact) mass is 825 g/mol. The van der Waals surface area contributed by atoms with Crippen LogP contribution in [0.4, 0.5) is 4.79 Å². The molecule has 3 aliphatic heterocycles. The number of rotatable bonds is 12. The van der Waals surface area contributed by atoms with Crippen molar-refractivity contribution < 1.29 is 52.8 Å². The third-order valence-electron chi connectivity index (χ3n) is 12.7. The first-order chi connectivity index (χ1) is 27.9. The molecule has 59 heavy (non-hydrogen) atoms. The zero-order valence-corrected chi connectivity index (χ0v) is 36.1. The molecule has 5 heterocycles. The van der Waals surface area contributed by atoms with Crippen molar-refractivity contribution >= 4 is 29.9 Å². The average molecular weight is 826 g/mol. The number of aryl methyl sites for hydroxylation is 1. The van der Waals surface area contributed by atoms with E-state index in [0.29, 0.717) is 32.1 Å². The predicted octanol–water partition coefficient (Wildman–Crippen LogP) is 4.11. The number of nitrogens with zero attached hydrogens (tertiary/aromatic N) is 5. The lowest BCUT2D eigenvalue weighted by atomic mass is 9.73. The van der Waals surface area contributed by atoms with Crippen LogP contribution in [-0.2, 0) is 49.4 Å². The maximum Gasteiger partial charge on any atom is 0.411 e. The largest absolute Gasteiger partial charge is 0.457 e. The first-order valence-corrected chi connectivity index (χ1v) is 20.8. The van der Waals surface area contributed by atoms with Crippen molar-refractivity contribution in [3.8, 4) is 11.3 Å². The number of aliphatic hydroxyl groups excluding tert-OH is 1. The SMILES string of the molecule is CC[C@H]1OC(=O)[C@H](C)C(=O)[C@H](C)[C@@H](OC2O[C@H](C)C[C@H](N(C)C)[C@H]2O)[C@@](C)(OC)C[C@@H](C)C(=O)[C@H](C)[C@H]2N(CCCCn3cnc(-c4cccnc4)c3)C(=O)O[C@]12C=O. The molecule has 16 heteroatoms. The lowest BCUT2D eigenvalue weighted by Gasteiger charge is -2.47. The molecule has 3 aliphatic rings. The van der Waals surface area contributed by atoms with Crippen molar-refractivity contribution in [1.29, 1.82) is 0 Å². The number of cyclic esters (lactones) is 1. The fourth-order valence-electron chi connectivity index (χ4n) is 9.28. The van der Waals surface area contributed by atoms with E-state index >= 15 is 0 Å². The molecule has 2 aromatic rings.